The Balaban J connectivity index is 0.00000341. The molecule has 1 aliphatic heterocycles. The van der Waals surface area contributed by atoms with Gasteiger partial charge in [-0.2, -0.15) is 0 Å². The van der Waals surface area contributed by atoms with Crippen molar-refractivity contribution in [3.8, 4) is 5.75 Å². The van der Waals surface area contributed by atoms with E-state index in [2.05, 4.69) is 40.4 Å². The van der Waals surface area contributed by atoms with Crippen LogP contribution >= 0.6 is 24.0 Å². The van der Waals surface area contributed by atoms with E-state index in [-0.39, 0.29) is 24.0 Å². The van der Waals surface area contributed by atoms with Gasteiger partial charge in [-0.15, -0.1) is 24.0 Å². The summed E-state index contributed by atoms with van der Waals surface area (Å²) in [6.45, 7) is 10.6. The topological polar surface area (TPSA) is 71.0 Å². The zero-order valence-corrected chi connectivity index (χ0v) is 20.7. The first-order valence-electron chi connectivity index (χ1n) is 10.7. The number of halogens is 1. The zero-order chi connectivity index (χ0) is 21.0. The second kappa shape index (κ2) is 14.2. The molecule has 31 heavy (non-hydrogen) atoms. The summed E-state index contributed by atoms with van der Waals surface area (Å²) in [7, 11) is 0. The smallest absolute Gasteiger partial charge is 0.191 e. The molecule has 170 valence electrons. The van der Waals surface area contributed by atoms with E-state index in [4.69, 9.17) is 14.5 Å². The van der Waals surface area contributed by atoms with Crippen LogP contribution < -0.4 is 15.4 Å². The molecule has 2 N–H and O–H groups in total. The molecule has 2 heterocycles. The highest BCUT2D eigenvalue weighted by molar-refractivity contribution is 14.0. The van der Waals surface area contributed by atoms with Gasteiger partial charge in [0.25, 0.3) is 0 Å². The van der Waals surface area contributed by atoms with Gasteiger partial charge in [0.2, 0.25) is 0 Å². The van der Waals surface area contributed by atoms with Gasteiger partial charge in [0.05, 0.1) is 25.5 Å². The van der Waals surface area contributed by atoms with Crippen LogP contribution in [0.5, 0.6) is 5.75 Å². The predicted octanol–water partition coefficient (Wildman–Crippen LogP) is 3.05. The first-order chi connectivity index (χ1) is 14.7. The van der Waals surface area contributed by atoms with Crippen LogP contribution in [0.2, 0.25) is 0 Å². The number of nitrogens with zero attached hydrogens (tertiary/aromatic N) is 3. The van der Waals surface area contributed by atoms with Gasteiger partial charge in [0.1, 0.15) is 12.4 Å². The van der Waals surface area contributed by atoms with Crippen molar-refractivity contribution in [2.24, 2.45) is 4.99 Å². The molecule has 0 spiro atoms. The van der Waals surface area contributed by atoms with E-state index in [1.165, 1.54) is 0 Å². The van der Waals surface area contributed by atoms with Crippen LogP contribution in [-0.4, -0.2) is 61.3 Å². The predicted molar refractivity (Wildman–Crippen MR) is 135 cm³/mol. The van der Waals surface area contributed by atoms with Gasteiger partial charge < -0.3 is 20.1 Å². The van der Waals surface area contributed by atoms with Crippen LogP contribution in [0.25, 0.3) is 0 Å². The van der Waals surface area contributed by atoms with Crippen LogP contribution in [0, 0.1) is 0 Å². The van der Waals surface area contributed by atoms with E-state index >= 15 is 0 Å². The van der Waals surface area contributed by atoms with E-state index in [9.17, 15) is 0 Å². The number of aromatic nitrogens is 1. The molecule has 0 aliphatic carbocycles. The Hall–Kier alpha value is -1.91. The molecular weight excluding hydrogens is 505 g/mol. The molecule has 1 fully saturated rings. The maximum Gasteiger partial charge on any atom is 0.191 e. The summed E-state index contributed by atoms with van der Waals surface area (Å²) in [5.74, 6) is 1.66. The molecule has 0 radical (unpaired) electrons. The minimum atomic E-state index is 0. The molecular formula is C23H34IN5O2. The molecule has 1 unspecified atom stereocenters. The van der Waals surface area contributed by atoms with Crippen molar-refractivity contribution in [1.29, 1.82) is 0 Å². The number of pyridine rings is 1. The Kier molecular flexibility index (Phi) is 11.6. The summed E-state index contributed by atoms with van der Waals surface area (Å²) in [5.41, 5.74) is 2.01. The lowest BCUT2D eigenvalue weighted by molar-refractivity contribution is 0.0211. The average Bonchev–Trinajstić information content (AvgIpc) is 2.81. The molecule has 1 aliphatic rings. The van der Waals surface area contributed by atoms with Gasteiger partial charge >= 0.3 is 0 Å². The second-order valence-electron chi connectivity index (χ2n) is 7.33. The third kappa shape index (κ3) is 9.00. The number of hydrogen-bond acceptors (Lipinski definition) is 5. The van der Waals surface area contributed by atoms with Gasteiger partial charge in [0.15, 0.2) is 5.96 Å². The van der Waals surface area contributed by atoms with E-state index < -0.39 is 0 Å². The minimum Gasteiger partial charge on any atom is -0.487 e. The first-order valence-corrected chi connectivity index (χ1v) is 10.7. The van der Waals surface area contributed by atoms with E-state index in [1.807, 2.05) is 36.4 Å². The van der Waals surface area contributed by atoms with Crippen LogP contribution in [0.1, 0.15) is 25.1 Å². The zero-order valence-electron chi connectivity index (χ0n) is 18.4. The van der Waals surface area contributed by atoms with Gasteiger partial charge in [-0.1, -0.05) is 18.2 Å². The molecule has 1 aromatic carbocycles. The Morgan fingerprint density at radius 2 is 2.03 bits per heavy atom. The lowest BCUT2D eigenvalue weighted by atomic mass is 10.2. The molecule has 3 rings (SSSR count). The number of rotatable bonds is 9. The standard InChI is InChI=1S/C23H33N5O2.HI/c1-3-24-23(26-16-19(2)28-11-13-29-14-12-28)27-17-20-7-6-9-22(15-20)30-18-21-8-4-5-10-25-21;/h4-10,15,19H,3,11-14,16-18H2,1-2H3,(H2,24,26,27);1H. The summed E-state index contributed by atoms with van der Waals surface area (Å²) in [6.07, 6.45) is 1.78. The molecule has 0 saturated carbocycles. The fraction of sp³-hybridized carbons (Fsp3) is 0.478. The van der Waals surface area contributed by atoms with Crippen molar-refractivity contribution in [2.75, 3.05) is 39.4 Å². The molecule has 1 atom stereocenters. The normalized spacial score (nSPS) is 15.6. The lowest BCUT2D eigenvalue weighted by Gasteiger charge is -2.32. The Bertz CT molecular complexity index is 785. The van der Waals surface area contributed by atoms with Crippen LogP contribution in [0.4, 0.5) is 0 Å². The fourth-order valence-corrected chi connectivity index (χ4v) is 3.28. The van der Waals surface area contributed by atoms with Gasteiger partial charge in [0, 0.05) is 38.4 Å². The molecule has 0 amide bonds. The van der Waals surface area contributed by atoms with Crippen LogP contribution in [-0.2, 0) is 17.9 Å². The van der Waals surface area contributed by atoms with E-state index in [0.717, 1.165) is 62.4 Å². The summed E-state index contributed by atoms with van der Waals surface area (Å²) in [4.78, 5) is 11.5. The summed E-state index contributed by atoms with van der Waals surface area (Å²) in [6, 6.07) is 14.3. The number of ether oxygens (including phenoxy) is 2. The molecule has 7 nitrogen and oxygen atoms in total. The molecule has 1 aromatic heterocycles. The fourth-order valence-electron chi connectivity index (χ4n) is 3.28. The average molecular weight is 539 g/mol. The number of nitrogens with one attached hydrogen (secondary N) is 2. The van der Waals surface area contributed by atoms with Gasteiger partial charge in [-0.3, -0.25) is 9.88 Å². The Labute approximate surface area is 202 Å². The van der Waals surface area contributed by atoms with Crippen molar-refractivity contribution in [1.82, 2.24) is 20.5 Å². The van der Waals surface area contributed by atoms with Crippen molar-refractivity contribution < 1.29 is 9.47 Å². The molecule has 8 heteroatoms. The minimum absolute atomic E-state index is 0. The molecule has 1 saturated heterocycles. The number of hydrogen-bond donors (Lipinski definition) is 2. The van der Waals surface area contributed by atoms with Crippen molar-refractivity contribution in [3.05, 3.63) is 59.9 Å². The van der Waals surface area contributed by atoms with Crippen LogP contribution in [0.3, 0.4) is 0 Å². The third-order valence-electron chi connectivity index (χ3n) is 5.01. The quantitative estimate of drug-likeness (QED) is 0.290. The number of aliphatic imine (C=N–C) groups is 1. The van der Waals surface area contributed by atoms with E-state index in [1.54, 1.807) is 6.20 Å². The van der Waals surface area contributed by atoms with Crippen molar-refractivity contribution in [3.63, 3.8) is 0 Å². The van der Waals surface area contributed by atoms with Crippen molar-refractivity contribution in [2.45, 2.75) is 33.0 Å². The highest BCUT2D eigenvalue weighted by atomic mass is 127. The maximum atomic E-state index is 5.88. The van der Waals surface area contributed by atoms with Gasteiger partial charge in [-0.25, -0.2) is 4.99 Å². The summed E-state index contributed by atoms with van der Waals surface area (Å²) < 4.78 is 11.3. The molecule has 0 bridgehead atoms. The lowest BCUT2D eigenvalue weighted by Crippen LogP contribution is -2.49. The highest BCUT2D eigenvalue weighted by Crippen LogP contribution is 2.15. The third-order valence-corrected chi connectivity index (χ3v) is 5.01. The van der Waals surface area contributed by atoms with Crippen molar-refractivity contribution >= 4 is 29.9 Å². The largest absolute Gasteiger partial charge is 0.487 e. The highest BCUT2D eigenvalue weighted by Gasteiger charge is 2.16. The second-order valence-corrected chi connectivity index (χ2v) is 7.33. The summed E-state index contributed by atoms with van der Waals surface area (Å²) in [5, 5.41) is 6.79. The SMILES string of the molecule is CCNC(=NCc1cccc(OCc2ccccn2)c1)NCC(C)N1CCOCC1.I. The Morgan fingerprint density at radius 3 is 2.77 bits per heavy atom. The first kappa shape index (κ1) is 25.4. The summed E-state index contributed by atoms with van der Waals surface area (Å²) >= 11 is 0. The number of morpholine rings is 1. The maximum absolute atomic E-state index is 5.88. The number of benzene rings is 1. The molecule has 2 aromatic rings. The van der Waals surface area contributed by atoms with E-state index in [0.29, 0.717) is 19.2 Å². The van der Waals surface area contributed by atoms with Gasteiger partial charge in [-0.05, 0) is 43.7 Å². The van der Waals surface area contributed by atoms with Crippen LogP contribution in [0.15, 0.2) is 53.7 Å². The Morgan fingerprint density at radius 1 is 1.19 bits per heavy atom. The monoisotopic (exact) mass is 539 g/mol. The number of guanidine groups is 1.